The van der Waals surface area contributed by atoms with Gasteiger partial charge in [-0.05, 0) is 12.0 Å². The molecule has 6 nitrogen and oxygen atoms in total. The number of esters is 1. The summed E-state index contributed by atoms with van der Waals surface area (Å²) in [5.41, 5.74) is 0.617. The molecule has 0 fully saturated rings. The van der Waals surface area contributed by atoms with E-state index in [4.69, 9.17) is 5.11 Å². The van der Waals surface area contributed by atoms with Crippen LogP contribution in [0.2, 0.25) is 0 Å². The van der Waals surface area contributed by atoms with Crippen LogP contribution in [0.15, 0.2) is 30.3 Å². The number of carbonyl (C=O) groups excluding carboxylic acids is 2. The minimum atomic E-state index is -0.953. The van der Waals surface area contributed by atoms with Crippen LogP contribution < -0.4 is 5.32 Å². The van der Waals surface area contributed by atoms with E-state index in [0.717, 1.165) is 0 Å². The van der Waals surface area contributed by atoms with Gasteiger partial charge in [0.25, 0.3) is 0 Å². The lowest BCUT2D eigenvalue weighted by Gasteiger charge is -2.16. The van der Waals surface area contributed by atoms with Gasteiger partial charge in [-0.2, -0.15) is 0 Å². The summed E-state index contributed by atoms with van der Waals surface area (Å²) in [6, 6.07) is 7.84. The average molecular weight is 279 g/mol. The lowest BCUT2D eigenvalue weighted by atomic mass is 10.1. The smallest absolute Gasteiger partial charge is 0.333 e. The number of amides is 1. The molecule has 20 heavy (non-hydrogen) atoms. The number of ether oxygens (including phenoxy) is 1. The van der Waals surface area contributed by atoms with E-state index in [-0.39, 0.29) is 25.2 Å². The number of carbonyl (C=O) groups is 3. The Morgan fingerprint density at radius 2 is 1.85 bits per heavy atom. The third-order valence-electron chi connectivity index (χ3n) is 2.67. The lowest BCUT2D eigenvalue weighted by molar-refractivity contribution is -0.145. The number of carboxylic acids is 1. The van der Waals surface area contributed by atoms with Gasteiger partial charge in [0.1, 0.15) is 0 Å². The van der Waals surface area contributed by atoms with Crippen molar-refractivity contribution in [2.24, 2.45) is 0 Å². The van der Waals surface area contributed by atoms with E-state index in [9.17, 15) is 14.4 Å². The Labute approximate surface area is 116 Å². The number of hydrogen-bond acceptors (Lipinski definition) is 4. The maximum absolute atomic E-state index is 11.7. The van der Waals surface area contributed by atoms with E-state index in [0.29, 0.717) is 5.56 Å². The van der Waals surface area contributed by atoms with Gasteiger partial charge in [0, 0.05) is 12.8 Å². The fourth-order valence-corrected chi connectivity index (χ4v) is 1.68. The third kappa shape index (κ3) is 5.09. The molecule has 1 atom stereocenters. The predicted molar refractivity (Wildman–Crippen MR) is 70.8 cm³/mol. The van der Waals surface area contributed by atoms with E-state index in [1.54, 1.807) is 30.3 Å². The molecular weight excluding hydrogens is 262 g/mol. The summed E-state index contributed by atoms with van der Waals surface area (Å²) >= 11 is 0. The normalized spacial score (nSPS) is 11.4. The summed E-state index contributed by atoms with van der Waals surface area (Å²) in [6.07, 6.45) is 0.193. The van der Waals surface area contributed by atoms with Crippen molar-refractivity contribution in [2.45, 2.75) is 25.3 Å². The first kappa shape index (κ1) is 15.7. The van der Waals surface area contributed by atoms with Crippen molar-refractivity contribution in [3.63, 3.8) is 0 Å². The Bertz CT molecular complexity index is 472. The van der Waals surface area contributed by atoms with Crippen molar-refractivity contribution in [1.82, 2.24) is 5.32 Å². The number of benzene rings is 1. The van der Waals surface area contributed by atoms with Gasteiger partial charge in [-0.3, -0.25) is 9.59 Å². The zero-order chi connectivity index (χ0) is 15.0. The van der Waals surface area contributed by atoms with Crippen LogP contribution in [0, 0.1) is 0 Å². The number of methoxy groups -OCH3 is 1. The molecule has 2 N–H and O–H groups in total. The molecule has 0 aliphatic rings. The fourth-order valence-electron chi connectivity index (χ4n) is 1.68. The minimum absolute atomic E-state index is 0.0482. The zero-order valence-corrected chi connectivity index (χ0v) is 11.2. The minimum Gasteiger partial charge on any atom is -0.481 e. The van der Waals surface area contributed by atoms with Gasteiger partial charge in [-0.25, -0.2) is 4.79 Å². The standard InChI is InChI=1S/C14H17NO5/c1-20-14(19)13(10-6-3-2-4-7-10)15-11(16)8-5-9-12(17)18/h2-4,6-7,13H,5,8-9H2,1H3,(H,15,16)(H,17,18)/t13-/m0/s1. The number of hydrogen-bond donors (Lipinski definition) is 2. The first-order valence-corrected chi connectivity index (χ1v) is 6.18. The second-order valence-electron chi connectivity index (χ2n) is 4.18. The van der Waals surface area contributed by atoms with Crippen LogP contribution in [0.3, 0.4) is 0 Å². The summed E-state index contributed by atoms with van der Waals surface area (Å²) in [5.74, 6) is -1.90. The van der Waals surface area contributed by atoms with Gasteiger partial charge >= 0.3 is 11.9 Å². The maximum atomic E-state index is 11.7. The molecule has 0 aromatic heterocycles. The van der Waals surface area contributed by atoms with Crippen molar-refractivity contribution >= 4 is 17.8 Å². The first-order valence-electron chi connectivity index (χ1n) is 6.18. The second kappa shape index (κ2) is 7.93. The lowest BCUT2D eigenvalue weighted by Crippen LogP contribution is -2.34. The Balaban J connectivity index is 2.64. The van der Waals surface area contributed by atoms with Gasteiger partial charge in [0.05, 0.1) is 7.11 Å². The van der Waals surface area contributed by atoms with Gasteiger partial charge in [0.15, 0.2) is 6.04 Å². The number of aliphatic carboxylic acids is 1. The van der Waals surface area contributed by atoms with E-state index in [1.165, 1.54) is 7.11 Å². The maximum Gasteiger partial charge on any atom is 0.333 e. The Morgan fingerprint density at radius 3 is 2.40 bits per heavy atom. The highest BCUT2D eigenvalue weighted by Crippen LogP contribution is 2.14. The number of nitrogens with one attached hydrogen (secondary N) is 1. The van der Waals surface area contributed by atoms with Gasteiger partial charge in [0.2, 0.25) is 5.91 Å². The molecule has 0 aliphatic carbocycles. The van der Waals surface area contributed by atoms with Crippen molar-refractivity contribution in [2.75, 3.05) is 7.11 Å². The van der Waals surface area contributed by atoms with Gasteiger partial charge in [-0.1, -0.05) is 30.3 Å². The van der Waals surface area contributed by atoms with Gasteiger partial charge < -0.3 is 15.2 Å². The highest BCUT2D eigenvalue weighted by atomic mass is 16.5. The van der Waals surface area contributed by atoms with E-state index < -0.39 is 18.0 Å². The Kier molecular flexibility index (Phi) is 6.22. The first-order chi connectivity index (χ1) is 9.54. The van der Waals surface area contributed by atoms with E-state index in [1.807, 2.05) is 0 Å². The molecule has 0 aliphatic heterocycles. The summed E-state index contributed by atoms with van der Waals surface area (Å²) in [5, 5.41) is 11.1. The van der Waals surface area contributed by atoms with Crippen molar-refractivity contribution in [3.05, 3.63) is 35.9 Å². The summed E-state index contributed by atoms with van der Waals surface area (Å²) in [4.78, 5) is 33.8. The van der Waals surface area contributed by atoms with Crippen molar-refractivity contribution in [3.8, 4) is 0 Å². The van der Waals surface area contributed by atoms with Crippen LogP contribution >= 0.6 is 0 Å². The van der Waals surface area contributed by atoms with Crippen molar-refractivity contribution in [1.29, 1.82) is 0 Å². The molecule has 1 aromatic carbocycles. The zero-order valence-electron chi connectivity index (χ0n) is 11.2. The van der Waals surface area contributed by atoms with E-state index >= 15 is 0 Å². The topological polar surface area (TPSA) is 92.7 Å². The molecule has 0 bridgehead atoms. The molecule has 0 heterocycles. The Hall–Kier alpha value is -2.37. The SMILES string of the molecule is COC(=O)[C@@H](NC(=O)CCCC(=O)O)c1ccccc1. The quantitative estimate of drug-likeness (QED) is 0.733. The second-order valence-corrected chi connectivity index (χ2v) is 4.18. The monoisotopic (exact) mass is 279 g/mol. The molecule has 1 aromatic rings. The molecule has 1 amide bonds. The molecule has 0 saturated carbocycles. The average Bonchev–Trinajstić information content (AvgIpc) is 2.44. The molecule has 6 heteroatoms. The molecule has 0 radical (unpaired) electrons. The summed E-state index contributed by atoms with van der Waals surface area (Å²) in [7, 11) is 1.24. The summed E-state index contributed by atoms with van der Waals surface area (Å²) < 4.78 is 4.66. The predicted octanol–water partition coefficient (Wildman–Crippen LogP) is 1.27. The molecule has 1 rings (SSSR count). The van der Waals surface area contributed by atoms with Crippen LogP contribution in [-0.4, -0.2) is 30.1 Å². The van der Waals surface area contributed by atoms with Crippen LogP contribution in [0.25, 0.3) is 0 Å². The van der Waals surface area contributed by atoms with Crippen LogP contribution in [-0.2, 0) is 19.1 Å². The van der Waals surface area contributed by atoms with E-state index in [2.05, 4.69) is 10.1 Å². The number of rotatable bonds is 7. The van der Waals surface area contributed by atoms with Crippen LogP contribution in [0.1, 0.15) is 30.9 Å². The highest BCUT2D eigenvalue weighted by Gasteiger charge is 2.23. The van der Waals surface area contributed by atoms with Crippen LogP contribution in [0.4, 0.5) is 0 Å². The highest BCUT2D eigenvalue weighted by molar-refractivity contribution is 5.85. The fraction of sp³-hybridized carbons (Fsp3) is 0.357. The molecular formula is C14H17NO5. The Morgan fingerprint density at radius 1 is 1.20 bits per heavy atom. The molecule has 108 valence electrons. The molecule has 0 unspecified atom stereocenters. The summed E-state index contributed by atoms with van der Waals surface area (Å²) in [6.45, 7) is 0. The third-order valence-corrected chi connectivity index (χ3v) is 2.67. The van der Waals surface area contributed by atoms with Crippen LogP contribution in [0.5, 0.6) is 0 Å². The molecule has 0 spiro atoms. The number of carboxylic acid groups (broad SMARTS) is 1. The van der Waals surface area contributed by atoms with Gasteiger partial charge in [-0.15, -0.1) is 0 Å². The largest absolute Gasteiger partial charge is 0.481 e. The molecule has 0 saturated heterocycles. The van der Waals surface area contributed by atoms with Crippen molar-refractivity contribution < 1.29 is 24.2 Å².